The monoisotopic (exact) mass is 535 g/mol. The molecule has 3 aliphatic carbocycles. The van der Waals surface area contributed by atoms with Crippen LogP contribution in [-0.4, -0.2) is 18.4 Å². The molecule has 0 radical (unpaired) electrons. The number of carbonyl (C=O) groups is 2. The lowest BCUT2D eigenvalue weighted by atomic mass is 9.54. The third-order valence-electron chi connectivity index (χ3n) is 9.22. The molecular formula is C36H41NO3. The van der Waals surface area contributed by atoms with Gasteiger partial charge in [0.05, 0.1) is 24.1 Å². The molecule has 7 rings (SSSR count). The second kappa shape index (κ2) is 9.33. The Labute approximate surface area is 238 Å². The van der Waals surface area contributed by atoms with Crippen molar-refractivity contribution in [1.29, 1.82) is 0 Å². The van der Waals surface area contributed by atoms with E-state index in [4.69, 9.17) is 4.74 Å². The topological polar surface area (TPSA) is 46.6 Å². The van der Waals surface area contributed by atoms with Gasteiger partial charge in [0, 0.05) is 11.8 Å². The average molecular weight is 536 g/mol. The zero-order chi connectivity index (χ0) is 28.6. The fourth-order valence-corrected chi connectivity index (χ4v) is 6.99. The lowest BCUT2D eigenvalue weighted by Gasteiger charge is -2.47. The Hall–Kier alpha value is -3.40. The van der Waals surface area contributed by atoms with Crippen molar-refractivity contribution in [3.05, 3.63) is 94.0 Å². The summed E-state index contributed by atoms with van der Waals surface area (Å²) in [4.78, 5) is 29.9. The second-order valence-electron chi connectivity index (χ2n) is 13.9. The predicted octanol–water partition coefficient (Wildman–Crippen LogP) is 7.86. The smallest absolute Gasteiger partial charge is 0.238 e. The molecule has 4 nitrogen and oxygen atoms in total. The second-order valence-corrected chi connectivity index (χ2v) is 13.9. The van der Waals surface area contributed by atoms with Gasteiger partial charge in [-0.3, -0.25) is 9.59 Å². The van der Waals surface area contributed by atoms with Crippen LogP contribution in [0.1, 0.15) is 107 Å². The van der Waals surface area contributed by atoms with Crippen molar-refractivity contribution >= 4 is 17.5 Å². The van der Waals surface area contributed by atoms with Gasteiger partial charge in [-0.2, -0.15) is 0 Å². The van der Waals surface area contributed by atoms with Gasteiger partial charge in [-0.25, -0.2) is 4.90 Å². The Morgan fingerprint density at radius 2 is 1.15 bits per heavy atom. The van der Waals surface area contributed by atoms with Crippen LogP contribution in [0.2, 0.25) is 0 Å². The van der Waals surface area contributed by atoms with Crippen LogP contribution >= 0.6 is 0 Å². The standard InChI is InChI=1S/C36H41NO3/c1-8-9-18-40-24-14-12-23(13-15-24)37-33(38)31-29-26-17-11-22(36(5,6)7)20-28(26)30(32(31)34(37)39)25-16-10-21(19-27(25)29)35(2,3)4/h10-17,19-20,29-32H,8-9,18H2,1-7H3/t29-,30+,31-,32-/m0/s1. The van der Waals surface area contributed by atoms with E-state index in [0.29, 0.717) is 12.3 Å². The molecule has 4 atom stereocenters. The highest BCUT2D eigenvalue weighted by Crippen LogP contribution is 2.62. The third-order valence-corrected chi connectivity index (χ3v) is 9.22. The van der Waals surface area contributed by atoms with E-state index in [1.165, 1.54) is 38.3 Å². The van der Waals surface area contributed by atoms with Crippen LogP contribution in [-0.2, 0) is 20.4 Å². The molecule has 0 N–H and O–H groups in total. The maximum absolute atomic E-state index is 14.2. The van der Waals surface area contributed by atoms with Crippen LogP contribution in [0.25, 0.3) is 0 Å². The predicted molar refractivity (Wildman–Crippen MR) is 160 cm³/mol. The molecule has 1 heterocycles. The molecule has 2 amide bonds. The molecule has 0 aromatic heterocycles. The Balaban J connectivity index is 1.46. The van der Waals surface area contributed by atoms with Crippen LogP contribution in [0.4, 0.5) is 5.69 Å². The molecule has 208 valence electrons. The van der Waals surface area contributed by atoms with Crippen LogP contribution in [0, 0.1) is 11.8 Å². The molecule has 1 saturated heterocycles. The van der Waals surface area contributed by atoms with Crippen molar-refractivity contribution < 1.29 is 14.3 Å². The molecule has 2 bridgehead atoms. The Bertz CT molecular complexity index is 1400. The fourth-order valence-electron chi connectivity index (χ4n) is 6.99. The molecular weight excluding hydrogens is 494 g/mol. The summed E-state index contributed by atoms with van der Waals surface area (Å²) >= 11 is 0. The summed E-state index contributed by atoms with van der Waals surface area (Å²) in [6, 6.07) is 21.0. The minimum absolute atomic E-state index is 0.00741. The minimum Gasteiger partial charge on any atom is -0.494 e. The molecule has 1 fully saturated rings. The van der Waals surface area contributed by atoms with E-state index in [1.807, 2.05) is 24.3 Å². The van der Waals surface area contributed by atoms with Gasteiger partial charge in [-0.05, 0) is 74.9 Å². The summed E-state index contributed by atoms with van der Waals surface area (Å²) in [5.74, 6) is -0.451. The van der Waals surface area contributed by atoms with E-state index in [1.54, 1.807) is 0 Å². The summed E-state index contributed by atoms with van der Waals surface area (Å²) in [7, 11) is 0. The third kappa shape index (κ3) is 4.10. The highest BCUT2D eigenvalue weighted by Gasteiger charge is 2.62. The lowest BCUT2D eigenvalue weighted by molar-refractivity contribution is -0.122. The van der Waals surface area contributed by atoms with Gasteiger partial charge in [0.2, 0.25) is 11.8 Å². The number of imide groups is 1. The average Bonchev–Trinajstić information content (AvgIpc) is 3.18. The number of hydrogen-bond donors (Lipinski definition) is 0. The zero-order valence-electron chi connectivity index (χ0n) is 24.9. The Kier molecular flexibility index (Phi) is 6.25. The van der Waals surface area contributed by atoms with Gasteiger partial charge in [0.15, 0.2) is 0 Å². The SMILES string of the molecule is CCCCOc1ccc(N2C(=O)[C@H]3[C@@H]4c5ccc(C(C)(C)C)cc5[C@H](c5ccc(C(C)(C)C)cc54)[C@@H]3C2=O)cc1. The van der Waals surface area contributed by atoms with Crippen molar-refractivity contribution in [3.8, 4) is 5.75 Å². The number of hydrogen-bond acceptors (Lipinski definition) is 3. The van der Waals surface area contributed by atoms with Gasteiger partial charge in [-0.1, -0.05) is 91.3 Å². The highest BCUT2D eigenvalue weighted by atomic mass is 16.5. The number of anilines is 1. The molecule has 3 aromatic carbocycles. The van der Waals surface area contributed by atoms with Crippen molar-refractivity contribution in [1.82, 2.24) is 0 Å². The fraction of sp³-hybridized carbons (Fsp3) is 0.444. The first-order valence-corrected chi connectivity index (χ1v) is 14.8. The van der Waals surface area contributed by atoms with Gasteiger partial charge in [0.25, 0.3) is 0 Å². The van der Waals surface area contributed by atoms with Crippen LogP contribution in [0.15, 0.2) is 60.7 Å². The maximum atomic E-state index is 14.2. The number of rotatable bonds is 5. The first-order chi connectivity index (χ1) is 18.9. The van der Waals surface area contributed by atoms with Crippen LogP contribution in [0.3, 0.4) is 0 Å². The number of unbranched alkanes of at least 4 members (excludes halogenated alkanes) is 1. The van der Waals surface area contributed by atoms with Crippen LogP contribution < -0.4 is 9.64 Å². The Morgan fingerprint density at radius 1 is 0.675 bits per heavy atom. The van der Waals surface area contributed by atoms with Gasteiger partial charge in [-0.15, -0.1) is 0 Å². The summed E-state index contributed by atoms with van der Waals surface area (Å²) in [6.07, 6.45) is 2.06. The first kappa shape index (κ1) is 26.8. The molecule has 3 aromatic rings. The van der Waals surface area contributed by atoms with E-state index < -0.39 is 11.8 Å². The summed E-state index contributed by atoms with van der Waals surface area (Å²) < 4.78 is 5.83. The molecule has 0 unspecified atom stereocenters. The largest absolute Gasteiger partial charge is 0.494 e. The summed E-state index contributed by atoms with van der Waals surface area (Å²) in [5, 5.41) is 0. The van der Waals surface area contributed by atoms with E-state index in [2.05, 4.69) is 84.9 Å². The van der Waals surface area contributed by atoms with Crippen molar-refractivity contribution in [2.24, 2.45) is 11.8 Å². The van der Waals surface area contributed by atoms with Gasteiger partial charge >= 0.3 is 0 Å². The van der Waals surface area contributed by atoms with Crippen molar-refractivity contribution in [2.45, 2.75) is 84.0 Å². The molecule has 0 spiro atoms. The number of nitrogens with zero attached hydrogens (tertiary/aromatic N) is 1. The van der Waals surface area contributed by atoms with E-state index >= 15 is 0 Å². The number of ether oxygens (including phenoxy) is 1. The quantitative estimate of drug-likeness (QED) is 0.247. The summed E-state index contributed by atoms with van der Waals surface area (Å²) in [5.41, 5.74) is 7.99. The molecule has 4 heteroatoms. The van der Waals surface area contributed by atoms with Crippen molar-refractivity contribution in [3.63, 3.8) is 0 Å². The number of amides is 2. The van der Waals surface area contributed by atoms with Crippen molar-refractivity contribution in [2.75, 3.05) is 11.5 Å². The van der Waals surface area contributed by atoms with E-state index in [-0.39, 0.29) is 34.5 Å². The van der Waals surface area contributed by atoms with Gasteiger partial charge in [0.1, 0.15) is 5.75 Å². The molecule has 1 aliphatic heterocycles. The molecule has 0 saturated carbocycles. The lowest BCUT2D eigenvalue weighted by Crippen LogP contribution is -2.42. The first-order valence-electron chi connectivity index (χ1n) is 14.8. The zero-order valence-corrected chi connectivity index (χ0v) is 24.9. The normalized spacial score (nSPS) is 23.2. The maximum Gasteiger partial charge on any atom is 0.238 e. The number of carbonyl (C=O) groups excluding carboxylic acids is 2. The molecule has 40 heavy (non-hydrogen) atoms. The van der Waals surface area contributed by atoms with E-state index in [0.717, 1.165) is 18.6 Å². The van der Waals surface area contributed by atoms with Crippen LogP contribution in [0.5, 0.6) is 5.75 Å². The molecule has 4 aliphatic rings. The highest BCUT2D eigenvalue weighted by molar-refractivity contribution is 6.23. The minimum atomic E-state index is -0.395. The van der Waals surface area contributed by atoms with E-state index in [9.17, 15) is 9.59 Å². The summed E-state index contributed by atoms with van der Waals surface area (Å²) in [6.45, 7) is 16.2. The number of benzene rings is 3. The van der Waals surface area contributed by atoms with Gasteiger partial charge < -0.3 is 4.74 Å². The Morgan fingerprint density at radius 3 is 1.57 bits per heavy atom.